The summed E-state index contributed by atoms with van der Waals surface area (Å²) in [5.41, 5.74) is 3.86. The molecular formula is C21H27N3S. The molecule has 0 bridgehead atoms. The first kappa shape index (κ1) is 17.7. The van der Waals surface area contributed by atoms with Gasteiger partial charge in [-0.15, -0.1) is 0 Å². The van der Waals surface area contributed by atoms with E-state index in [2.05, 4.69) is 84.4 Å². The van der Waals surface area contributed by atoms with Gasteiger partial charge < -0.3 is 15.1 Å². The van der Waals surface area contributed by atoms with Gasteiger partial charge in [0.1, 0.15) is 0 Å². The van der Waals surface area contributed by atoms with E-state index >= 15 is 0 Å². The first-order chi connectivity index (χ1) is 12.0. The van der Waals surface area contributed by atoms with Gasteiger partial charge in [-0.05, 0) is 50.7 Å². The molecule has 3 rings (SSSR count). The van der Waals surface area contributed by atoms with E-state index in [1.165, 1.54) is 16.8 Å². The smallest absolute Gasteiger partial charge is 0.169 e. The van der Waals surface area contributed by atoms with Crippen LogP contribution >= 0.6 is 12.2 Å². The molecule has 2 aromatic rings. The standard InChI is InChI=1S/C21H27N3S/c1-16-9-11-20(12-10-16)24-14-13-23(15-17(24)2)21(25)22-18(3)19-7-5-4-6-8-19/h4-12,17-18H,13-15H2,1-3H3,(H,22,25). The van der Waals surface area contributed by atoms with Gasteiger partial charge in [-0.1, -0.05) is 48.0 Å². The number of hydrogen-bond donors (Lipinski definition) is 1. The Labute approximate surface area is 156 Å². The molecule has 1 heterocycles. The van der Waals surface area contributed by atoms with E-state index in [-0.39, 0.29) is 6.04 Å². The summed E-state index contributed by atoms with van der Waals surface area (Å²) in [5.74, 6) is 0. The second-order valence-corrected chi connectivity index (χ2v) is 7.29. The monoisotopic (exact) mass is 353 g/mol. The van der Waals surface area contributed by atoms with Crippen molar-refractivity contribution in [2.24, 2.45) is 0 Å². The number of hydrogen-bond acceptors (Lipinski definition) is 2. The number of thiocarbonyl (C=S) groups is 1. The van der Waals surface area contributed by atoms with Crippen molar-refractivity contribution in [1.82, 2.24) is 10.2 Å². The summed E-state index contributed by atoms with van der Waals surface area (Å²) in [6, 6.07) is 19.9. The highest BCUT2D eigenvalue weighted by Gasteiger charge is 2.25. The minimum absolute atomic E-state index is 0.221. The third-order valence-corrected chi connectivity index (χ3v) is 5.30. The lowest BCUT2D eigenvalue weighted by Crippen LogP contribution is -2.56. The van der Waals surface area contributed by atoms with Crippen molar-refractivity contribution in [3.63, 3.8) is 0 Å². The van der Waals surface area contributed by atoms with Crippen LogP contribution in [0.25, 0.3) is 0 Å². The number of aryl methyl sites for hydroxylation is 1. The van der Waals surface area contributed by atoms with Crippen LogP contribution in [0, 0.1) is 6.92 Å². The van der Waals surface area contributed by atoms with Crippen molar-refractivity contribution < 1.29 is 0 Å². The van der Waals surface area contributed by atoms with Gasteiger partial charge in [-0.25, -0.2) is 0 Å². The fourth-order valence-corrected chi connectivity index (χ4v) is 3.71. The summed E-state index contributed by atoms with van der Waals surface area (Å²) in [7, 11) is 0. The zero-order valence-electron chi connectivity index (χ0n) is 15.3. The van der Waals surface area contributed by atoms with Crippen molar-refractivity contribution in [1.29, 1.82) is 0 Å². The van der Waals surface area contributed by atoms with Gasteiger partial charge in [-0.2, -0.15) is 0 Å². The lowest BCUT2D eigenvalue weighted by Gasteiger charge is -2.42. The zero-order valence-corrected chi connectivity index (χ0v) is 16.1. The van der Waals surface area contributed by atoms with Gasteiger partial charge in [0.2, 0.25) is 0 Å². The molecule has 1 aliphatic heterocycles. The van der Waals surface area contributed by atoms with E-state index in [1.807, 2.05) is 6.07 Å². The normalized spacial score (nSPS) is 18.8. The number of anilines is 1. The van der Waals surface area contributed by atoms with E-state index in [9.17, 15) is 0 Å². The van der Waals surface area contributed by atoms with Gasteiger partial charge >= 0.3 is 0 Å². The first-order valence-electron chi connectivity index (χ1n) is 8.98. The van der Waals surface area contributed by atoms with Gasteiger partial charge in [0.05, 0.1) is 6.04 Å². The van der Waals surface area contributed by atoms with Crippen LogP contribution in [0.15, 0.2) is 54.6 Å². The molecule has 0 aliphatic carbocycles. The fourth-order valence-electron chi connectivity index (χ4n) is 3.36. The van der Waals surface area contributed by atoms with Crippen LogP contribution in [0.5, 0.6) is 0 Å². The highest BCUT2D eigenvalue weighted by Crippen LogP contribution is 2.21. The molecule has 1 fully saturated rings. The Kier molecular flexibility index (Phi) is 5.59. The van der Waals surface area contributed by atoms with Crippen LogP contribution in [-0.4, -0.2) is 35.7 Å². The second-order valence-electron chi connectivity index (χ2n) is 6.91. The van der Waals surface area contributed by atoms with Gasteiger partial charge in [0.25, 0.3) is 0 Å². The summed E-state index contributed by atoms with van der Waals surface area (Å²) < 4.78 is 0. The molecule has 2 atom stereocenters. The SMILES string of the molecule is Cc1ccc(N2CCN(C(=S)NC(C)c3ccccc3)CC2C)cc1. The predicted octanol–water partition coefficient (Wildman–Crippen LogP) is 4.14. The topological polar surface area (TPSA) is 18.5 Å². The molecule has 2 unspecified atom stereocenters. The molecule has 2 aromatic carbocycles. The van der Waals surface area contributed by atoms with Crippen LogP contribution in [0.1, 0.15) is 31.0 Å². The Morgan fingerprint density at radius 1 is 1.08 bits per heavy atom. The Morgan fingerprint density at radius 3 is 2.40 bits per heavy atom. The number of nitrogens with zero attached hydrogens (tertiary/aromatic N) is 2. The van der Waals surface area contributed by atoms with Crippen molar-refractivity contribution in [3.8, 4) is 0 Å². The van der Waals surface area contributed by atoms with E-state index in [4.69, 9.17) is 12.2 Å². The summed E-state index contributed by atoms with van der Waals surface area (Å²) >= 11 is 5.67. The number of nitrogens with one attached hydrogen (secondary N) is 1. The number of piperazine rings is 1. The highest BCUT2D eigenvalue weighted by molar-refractivity contribution is 7.80. The number of rotatable bonds is 3. The van der Waals surface area contributed by atoms with Crippen molar-refractivity contribution in [3.05, 3.63) is 65.7 Å². The van der Waals surface area contributed by atoms with Crippen LogP contribution in [0.2, 0.25) is 0 Å². The lowest BCUT2D eigenvalue weighted by molar-refractivity contribution is 0.331. The van der Waals surface area contributed by atoms with Crippen LogP contribution in [0.4, 0.5) is 5.69 Å². The summed E-state index contributed by atoms with van der Waals surface area (Å²) in [6.07, 6.45) is 0. The Morgan fingerprint density at radius 2 is 1.76 bits per heavy atom. The molecule has 25 heavy (non-hydrogen) atoms. The second kappa shape index (κ2) is 7.87. The van der Waals surface area contributed by atoms with Crippen molar-refractivity contribution >= 4 is 23.0 Å². The lowest BCUT2D eigenvalue weighted by atomic mass is 10.1. The van der Waals surface area contributed by atoms with E-state index in [0.29, 0.717) is 6.04 Å². The molecule has 4 heteroatoms. The van der Waals surface area contributed by atoms with Crippen LogP contribution in [0.3, 0.4) is 0 Å². The maximum Gasteiger partial charge on any atom is 0.169 e. The molecule has 0 saturated carbocycles. The van der Waals surface area contributed by atoms with E-state index < -0.39 is 0 Å². The van der Waals surface area contributed by atoms with E-state index in [1.54, 1.807) is 0 Å². The number of benzene rings is 2. The zero-order chi connectivity index (χ0) is 17.8. The first-order valence-corrected chi connectivity index (χ1v) is 9.39. The average Bonchev–Trinajstić information content (AvgIpc) is 2.63. The summed E-state index contributed by atoms with van der Waals surface area (Å²) in [5, 5.41) is 4.34. The van der Waals surface area contributed by atoms with E-state index in [0.717, 1.165) is 24.7 Å². The van der Waals surface area contributed by atoms with Gasteiger partial charge in [0, 0.05) is 31.4 Å². The van der Waals surface area contributed by atoms with Gasteiger partial charge in [0.15, 0.2) is 5.11 Å². The average molecular weight is 354 g/mol. The fraction of sp³-hybridized carbons (Fsp3) is 0.381. The molecule has 132 valence electrons. The molecule has 0 spiro atoms. The third-order valence-electron chi connectivity index (χ3n) is 4.92. The minimum atomic E-state index is 0.221. The molecule has 1 aliphatic rings. The Bertz CT molecular complexity index is 699. The maximum atomic E-state index is 5.67. The Balaban J connectivity index is 1.58. The largest absolute Gasteiger partial charge is 0.365 e. The van der Waals surface area contributed by atoms with Gasteiger partial charge in [-0.3, -0.25) is 0 Å². The Hall–Kier alpha value is -2.07. The summed E-state index contributed by atoms with van der Waals surface area (Å²) in [4.78, 5) is 4.77. The predicted molar refractivity (Wildman–Crippen MR) is 110 cm³/mol. The van der Waals surface area contributed by atoms with Crippen LogP contribution in [-0.2, 0) is 0 Å². The summed E-state index contributed by atoms with van der Waals surface area (Å²) in [6.45, 7) is 9.45. The van der Waals surface area contributed by atoms with Crippen molar-refractivity contribution in [2.45, 2.75) is 32.9 Å². The molecule has 0 amide bonds. The van der Waals surface area contributed by atoms with Crippen LogP contribution < -0.4 is 10.2 Å². The molecule has 3 nitrogen and oxygen atoms in total. The molecule has 0 radical (unpaired) electrons. The highest BCUT2D eigenvalue weighted by atomic mass is 32.1. The molecule has 0 aromatic heterocycles. The molecular weight excluding hydrogens is 326 g/mol. The molecule has 1 saturated heterocycles. The molecule has 1 N–H and O–H groups in total. The minimum Gasteiger partial charge on any atom is -0.365 e. The van der Waals surface area contributed by atoms with Crippen molar-refractivity contribution in [2.75, 3.05) is 24.5 Å². The third kappa shape index (κ3) is 4.31. The maximum absolute atomic E-state index is 5.67. The quantitative estimate of drug-likeness (QED) is 0.836.